The summed E-state index contributed by atoms with van der Waals surface area (Å²) in [6.45, 7) is 0. The Morgan fingerprint density at radius 2 is 1.76 bits per heavy atom. The topological polar surface area (TPSA) is 86.5 Å². The molecule has 0 aliphatic rings. The van der Waals surface area contributed by atoms with E-state index in [1.54, 1.807) is 0 Å². The zero-order valence-corrected chi connectivity index (χ0v) is 11.8. The van der Waals surface area contributed by atoms with E-state index in [0.717, 1.165) is 12.1 Å². The minimum Gasteiger partial charge on any atom is -0.371 e. The highest BCUT2D eigenvalue weighted by molar-refractivity contribution is 7.87. The maximum absolute atomic E-state index is 13.1. The molecule has 0 saturated carbocycles. The smallest absolute Gasteiger partial charge is 0.339 e. The lowest BCUT2D eigenvalue weighted by molar-refractivity contribution is -0.385. The summed E-state index contributed by atoms with van der Waals surface area (Å²) in [6.07, 6.45) is 0. The summed E-state index contributed by atoms with van der Waals surface area (Å²) in [4.78, 5) is 9.66. The molecular weight excluding hydrogens is 325 g/mol. The van der Waals surface area contributed by atoms with E-state index in [-0.39, 0.29) is 4.90 Å². The molecule has 2 aromatic carbocycles. The van der Waals surface area contributed by atoms with Crippen LogP contribution in [0.2, 0.25) is 5.02 Å². The largest absolute Gasteiger partial charge is 0.371 e. The number of hydrogen-bond donors (Lipinski definition) is 0. The summed E-state index contributed by atoms with van der Waals surface area (Å²) in [5.74, 6) is -1.56. The first-order chi connectivity index (χ1) is 9.79. The fourth-order valence-electron chi connectivity index (χ4n) is 1.47. The second kappa shape index (κ2) is 5.66. The molecule has 0 aliphatic heterocycles. The normalized spacial score (nSPS) is 11.1. The Morgan fingerprint density at radius 3 is 2.33 bits per heavy atom. The minimum atomic E-state index is -4.33. The van der Waals surface area contributed by atoms with E-state index in [9.17, 15) is 22.9 Å². The van der Waals surface area contributed by atoms with Gasteiger partial charge in [-0.25, -0.2) is 4.39 Å². The number of hydrogen-bond acceptors (Lipinski definition) is 5. The van der Waals surface area contributed by atoms with Gasteiger partial charge in [0.05, 0.1) is 4.92 Å². The Hall–Kier alpha value is -2.19. The summed E-state index contributed by atoms with van der Waals surface area (Å²) >= 11 is 5.63. The van der Waals surface area contributed by atoms with Crippen molar-refractivity contribution < 1.29 is 21.9 Å². The van der Waals surface area contributed by atoms with Gasteiger partial charge in [0.15, 0.2) is 0 Å². The van der Waals surface area contributed by atoms with Gasteiger partial charge < -0.3 is 4.18 Å². The molecular formula is C12H7ClFNO5S. The quantitative estimate of drug-likeness (QED) is 0.488. The summed E-state index contributed by atoms with van der Waals surface area (Å²) in [5, 5.41) is 11.1. The Kier molecular flexibility index (Phi) is 4.10. The predicted octanol–water partition coefficient (Wildman–Crippen LogP) is 3.16. The highest BCUT2D eigenvalue weighted by Gasteiger charge is 2.23. The first-order valence-corrected chi connectivity index (χ1v) is 7.22. The summed E-state index contributed by atoms with van der Waals surface area (Å²) in [6, 6.07) is 7.26. The van der Waals surface area contributed by atoms with Crippen LogP contribution in [0, 0.1) is 15.9 Å². The molecule has 9 heteroatoms. The zero-order chi connectivity index (χ0) is 15.6. The second-order valence-electron chi connectivity index (χ2n) is 3.86. The molecule has 0 radical (unpaired) electrons. The lowest BCUT2D eigenvalue weighted by atomic mass is 10.3. The van der Waals surface area contributed by atoms with E-state index in [1.807, 2.05) is 0 Å². The molecule has 0 aliphatic carbocycles. The lowest BCUT2D eigenvalue weighted by Crippen LogP contribution is -2.11. The molecule has 6 nitrogen and oxygen atoms in total. The third-order valence-electron chi connectivity index (χ3n) is 2.42. The Labute approximate surface area is 124 Å². The van der Waals surface area contributed by atoms with E-state index in [0.29, 0.717) is 11.1 Å². The van der Waals surface area contributed by atoms with Crippen molar-refractivity contribution >= 4 is 27.4 Å². The third-order valence-corrected chi connectivity index (χ3v) is 3.92. The Balaban J connectivity index is 2.43. The molecule has 0 aromatic heterocycles. The van der Waals surface area contributed by atoms with Crippen LogP contribution in [-0.2, 0) is 10.1 Å². The summed E-state index contributed by atoms with van der Waals surface area (Å²) in [7, 11) is -4.33. The Morgan fingerprint density at radius 1 is 1.14 bits per heavy atom. The van der Waals surface area contributed by atoms with Gasteiger partial charge in [-0.1, -0.05) is 11.6 Å². The van der Waals surface area contributed by atoms with E-state index >= 15 is 0 Å². The fourth-order valence-corrected chi connectivity index (χ4v) is 2.53. The molecule has 0 saturated heterocycles. The molecule has 110 valence electrons. The van der Waals surface area contributed by atoms with Crippen molar-refractivity contribution in [3.05, 3.63) is 63.4 Å². The van der Waals surface area contributed by atoms with Crippen LogP contribution in [0.15, 0.2) is 47.4 Å². The van der Waals surface area contributed by atoms with Gasteiger partial charge >= 0.3 is 15.8 Å². The van der Waals surface area contributed by atoms with Gasteiger partial charge in [0.2, 0.25) is 5.75 Å². The molecule has 21 heavy (non-hydrogen) atoms. The average molecular weight is 332 g/mol. The van der Waals surface area contributed by atoms with E-state index in [4.69, 9.17) is 11.6 Å². The van der Waals surface area contributed by atoms with Crippen molar-refractivity contribution in [1.82, 2.24) is 0 Å². The first kappa shape index (κ1) is 15.2. The standard InChI is InChI=1S/C12H7ClFNO5S/c13-8-1-4-10(5-2-8)21(18,19)20-12-7-9(14)3-6-11(12)15(16)17/h1-7H. The van der Waals surface area contributed by atoms with Crippen LogP contribution in [0.1, 0.15) is 0 Å². The van der Waals surface area contributed by atoms with Crippen LogP contribution >= 0.6 is 11.6 Å². The van der Waals surface area contributed by atoms with Crippen LogP contribution in [0.3, 0.4) is 0 Å². The van der Waals surface area contributed by atoms with Crippen LogP contribution < -0.4 is 4.18 Å². The SMILES string of the molecule is O=[N+]([O-])c1ccc(F)cc1OS(=O)(=O)c1ccc(Cl)cc1. The van der Waals surface area contributed by atoms with Gasteiger partial charge in [-0.2, -0.15) is 8.42 Å². The second-order valence-corrected chi connectivity index (χ2v) is 5.84. The molecule has 0 unspecified atom stereocenters. The van der Waals surface area contributed by atoms with Gasteiger partial charge in [0.1, 0.15) is 10.7 Å². The van der Waals surface area contributed by atoms with Crippen molar-refractivity contribution in [2.75, 3.05) is 0 Å². The van der Waals surface area contributed by atoms with Gasteiger partial charge in [0.25, 0.3) is 0 Å². The maximum atomic E-state index is 13.1. The van der Waals surface area contributed by atoms with Crippen molar-refractivity contribution in [3.8, 4) is 5.75 Å². The highest BCUT2D eigenvalue weighted by Crippen LogP contribution is 2.30. The highest BCUT2D eigenvalue weighted by atomic mass is 35.5. The minimum absolute atomic E-state index is 0.259. The number of nitro benzene ring substituents is 1. The maximum Gasteiger partial charge on any atom is 0.339 e. The molecule has 0 fully saturated rings. The van der Waals surface area contributed by atoms with E-state index in [1.165, 1.54) is 24.3 Å². The van der Waals surface area contributed by atoms with Gasteiger partial charge in [-0.05, 0) is 30.3 Å². The molecule has 2 rings (SSSR count). The van der Waals surface area contributed by atoms with Gasteiger partial charge in [-0.15, -0.1) is 0 Å². The number of nitro groups is 1. The number of nitrogens with zero attached hydrogens (tertiary/aromatic N) is 1. The number of rotatable bonds is 4. The monoisotopic (exact) mass is 331 g/mol. The van der Waals surface area contributed by atoms with Gasteiger partial charge in [0, 0.05) is 17.2 Å². The predicted molar refractivity (Wildman–Crippen MR) is 72.3 cm³/mol. The molecule has 0 spiro atoms. The molecule has 0 heterocycles. The molecule has 0 amide bonds. The van der Waals surface area contributed by atoms with Gasteiger partial charge in [-0.3, -0.25) is 10.1 Å². The van der Waals surface area contributed by atoms with Crippen LogP contribution in [0.5, 0.6) is 5.75 Å². The molecule has 0 bridgehead atoms. The summed E-state index contributed by atoms with van der Waals surface area (Å²) < 4.78 is 41.8. The van der Waals surface area contributed by atoms with Crippen molar-refractivity contribution in [2.24, 2.45) is 0 Å². The molecule has 0 atom stereocenters. The number of benzene rings is 2. The van der Waals surface area contributed by atoms with Crippen LogP contribution in [-0.4, -0.2) is 13.3 Å². The first-order valence-electron chi connectivity index (χ1n) is 5.43. The van der Waals surface area contributed by atoms with Crippen molar-refractivity contribution in [2.45, 2.75) is 4.90 Å². The van der Waals surface area contributed by atoms with Crippen LogP contribution in [0.25, 0.3) is 0 Å². The summed E-state index contributed by atoms with van der Waals surface area (Å²) in [5.41, 5.74) is -0.658. The van der Waals surface area contributed by atoms with Crippen molar-refractivity contribution in [3.63, 3.8) is 0 Å². The average Bonchev–Trinajstić information content (AvgIpc) is 2.38. The van der Waals surface area contributed by atoms with Crippen LogP contribution in [0.4, 0.5) is 10.1 Å². The van der Waals surface area contributed by atoms with Crippen molar-refractivity contribution in [1.29, 1.82) is 0 Å². The molecule has 0 N–H and O–H groups in total. The third kappa shape index (κ3) is 3.47. The fraction of sp³-hybridized carbons (Fsp3) is 0. The molecule has 2 aromatic rings. The Bertz CT molecular complexity index is 792. The zero-order valence-electron chi connectivity index (χ0n) is 10.2. The number of halogens is 2. The van der Waals surface area contributed by atoms with E-state index in [2.05, 4.69) is 4.18 Å². The lowest BCUT2D eigenvalue weighted by Gasteiger charge is -2.07. The van der Waals surface area contributed by atoms with E-state index < -0.39 is 32.3 Å².